The number of H-pyrrole nitrogens is 1. The Labute approximate surface area is 208 Å². The van der Waals surface area contributed by atoms with Crippen molar-refractivity contribution in [3.63, 3.8) is 0 Å². The first-order chi connectivity index (χ1) is 17.0. The molecule has 0 unspecified atom stereocenters. The number of halogens is 1. The van der Waals surface area contributed by atoms with Crippen molar-refractivity contribution in [3.8, 4) is 5.75 Å². The van der Waals surface area contributed by atoms with E-state index in [-0.39, 0.29) is 24.4 Å². The second kappa shape index (κ2) is 8.47. The minimum atomic E-state index is -0.568. The molecule has 2 aliphatic heterocycles. The Bertz CT molecular complexity index is 1430. The Kier molecular flexibility index (Phi) is 5.26. The number of amides is 2. The summed E-state index contributed by atoms with van der Waals surface area (Å²) in [6.07, 6.45) is 0.479. The van der Waals surface area contributed by atoms with E-state index in [0.717, 1.165) is 39.0 Å². The van der Waals surface area contributed by atoms with Crippen LogP contribution in [0.2, 0.25) is 5.02 Å². The number of methoxy groups -OCH3 is 1. The van der Waals surface area contributed by atoms with Crippen molar-refractivity contribution in [2.45, 2.75) is 25.0 Å². The summed E-state index contributed by atoms with van der Waals surface area (Å²) in [4.78, 5) is 34.4. The molecule has 6 nitrogen and oxygen atoms in total. The van der Waals surface area contributed by atoms with Gasteiger partial charge in [-0.2, -0.15) is 0 Å². The van der Waals surface area contributed by atoms with Gasteiger partial charge >= 0.3 is 0 Å². The first kappa shape index (κ1) is 21.7. The van der Waals surface area contributed by atoms with E-state index in [1.165, 1.54) is 0 Å². The second-order valence-electron chi connectivity index (χ2n) is 9.08. The van der Waals surface area contributed by atoms with Gasteiger partial charge in [-0.25, -0.2) is 0 Å². The van der Waals surface area contributed by atoms with Gasteiger partial charge in [-0.1, -0.05) is 54.1 Å². The highest BCUT2D eigenvalue weighted by Gasteiger charge is 2.48. The lowest BCUT2D eigenvalue weighted by molar-refractivity contribution is -0.159. The number of fused-ring (bicyclic) bond motifs is 4. The number of aromatic amines is 1. The number of hydrogen-bond acceptors (Lipinski definition) is 3. The van der Waals surface area contributed by atoms with Crippen LogP contribution in [0.5, 0.6) is 5.75 Å². The van der Waals surface area contributed by atoms with Gasteiger partial charge in [-0.05, 0) is 47.0 Å². The topological polar surface area (TPSA) is 65.6 Å². The Morgan fingerprint density at radius 1 is 1.00 bits per heavy atom. The van der Waals surface area contributed by atoms with E-state index in [1.54, 1.807) is 16.9 Å². The van der Waals surface area contributed by atoms with Gasteiger partial charge in [-0.3, -0.25) is 9.59 Å². The Balaban J connectivity index is 1.41. The Morgan fingerprint density at radius 2 is 1.74 bits per heavy atom. The summed E-state index contributed by atoms with van der Waals surface area (Å²) in [5, 5.41) is 1.72. The van der Waals surface area contributed by atoms with Crippen molar-refractivity contribution in [2.24, 2.45) is 0 Å². The van der Waals surface area contributed by atoms with Crippen LogP contribution in [0.4, 0.5) is 0 Å². The molecule has 1 N–H and O–H groups in total. The fourth-order valence-corrected chi connectivity index (χ4v) is 5.53. The minimum absolute atomic E-state index is 0.0321. The summed E-state index contributed by atoms with van der Waals surface area (Å²) in [7, 11) is 1.62. The third-order valence-electron chi connectivity index (χ3n) is 7.06. The fourth-order valence-electron chi connectivity index (χ4n) is 5.40. The van der Waals surface area contributed by atoms with Crippen LogP contribution in [0, 0.1) is 0 Å². The summed E-state index contributed by atoms with van der Waals surface area (Å²) in [6, 6.07) is 22.3. The molecule has 1 aromatic heterocycles. The predicted octanol–water partition coefficient (Wildman–Crippen LogP) is 4.72. The zero-order chi connectivity index (χ0) is 24.1. The highest BCUT2D eigenvalue weighted by atomic mass is 35.5. The van der Waals surface area contributed by atoms with E-state index in [9.17, 15) is 9.59 Å². The average Bonchev–Trinajstić information content (AvgIpc) is 3.25. The van der Waals surface area contributed by atoms with Gasteiger partial charge < -0.3 is 19.5 Å². The summed E-state index contributed by atoms with van der Waals surface area (Å²) < 4.78 is 5.24. The van der Waals surface area contributed by atoms with Crippen LogP contribution in [0.15, 0.2) is 72.8 Å². The maximum atomic E-state index is 13.8. The number of carbonyl (C=O) groups is 2. The smallest absolute Gasteiger partial charge is 0.246 e. The normalized spacial score (nSPS) is 19.6. The van der Waals surface area contributed by atoms with Gasteiger partial charge in [0.1, 0.15) is 18.3 Å². The van der Waals surface area contributed by atoms with Crippen molar-refractivity contribution in [1.29, 1.82) is 0 Å². The van der Waals surface area contributed by atoms with Crippen molar-refractivity contribution in [2.75, 3.05) is 13.7 Å². The average molecular weight is 486 g/mol. The van der Waals surface area contributed by atoms with Crippen LogP contribution >= 0.6 is 11.6 Å². The molecule has 2 amide bonds. The van der Waals surface area contributed by atoms with Gasteiger partial charge in [0.05, 0.1) is 13.2 Å². The number of nitrogens with one attached hydrogen (secondary N) is 1. The first-order valence-corrected chi connectivity index (χ1v) is 12.0. The molecule has 2 atom stereocenters. The molecule has 35 heavy (non-hydrogen) atoms. The molecule has 2 aliphatic rings. The zero-order valence-corrected chi connectivity index (χ0v) is 20.0. The van der Waals surface area contributed by atoms with Gasteiger partial charge in [0.25, 0.3) is 0 Å². The quantitative estimate of drug-likeness (QED) is 0.455. The number of ether oxygens (including phenoxy) is 1. The van der Waals surface area contributed by atoms with Crippen LogP contribution in [0.1, 0.15) is 28.4 Å². The fraction of sp³-hybridized carbons (Fsp3) is 0.214. The monoisotopic (exact) mass is 485 g/mol. The highest BCUT2D eigenvalue weighted by molar-refractivity contribution is 6.30. The van der Waals surface area contributed by atoms with Gasteiger partial charge in [0.15, 0.2) is 0 Å². The molecular weight excluding hydrogens is 462 g/mol. The molecule has 0 bridgehead atoms. The van der Waals surface area contributed by atoms with Gasteiger partial charge in [0.2, 0.25) is 11.8 Å². The maximum absolute atomic E-state index is 13.8. The number of rotatable bonds is 4. The van der Waals surface area contributed by atoms with E-state index in [0.29, 0.717) is 18.0 Å². The summed E-state index contributed by atoms with van der Waals surface area (Å²) in [5.41, 5.74) is 4.95. The number of piperazine rings is 1. The standard InChI is InChI=1S/C28H24ClN3O3/c1-35-20-12-6-17(7-13-20)15-31-16-25(33)32-24(28(31)34)14-22-21-4-2-3-5-23(21)30-26(22)27(32)18-8-10-19(29)11-9-18/h2-13,24,27,30H,14-16H2,1H3/t24-,27+/m1/s1. The molecule has 7 heteroatoms. The van der Waals surface area contributed by atoms with Crippen LogP contribution in [0.25, 0.3) is 10.9 Å². The second-order valence-corrected chi connectivity index (χ2v) is 9.52. The molecule has 0 spiro atoms. The number of hydrogen-bond donors (Lipinski definition) is 1. The molecule has 6 rings (SSSR count). The van der Waals surface area contributed by atoms with Gasteiger partial charge in [-0.15, -0.1) is 0 Å². The summed E-state index contributed by atoms with van der Waals surface area (Å²) >= 11 is 6.16. The number of carbonyl (C=O) groups excluding carboxylic acids is 2. The third kappa shape index (κ3) is 3.65. The van der Waals surface area contributed by atoms with Crippen LogP contribution in [-0.2, 0) is 22.6 Å². The molecule has 1 fully saturated rings. The van der Waals surface area contributed by atoms with E-state index >= 15 is 0 Å². The molecule has 176 valence electrons. The largest absolute Gasteiger partial charge is 0.497 e. The van der Waals surface area contributed by atoms with Crippen molar-refractivity contribution < 1.29 is 14.3 Å². The van der Waals surface area contributed by atoms with Crippen molar-refractivity contribution in [1.82, 2.24) is 14.8 Å². The SMILES string of the molecule is COc1ccc(CN2CC(=O)N3[C@@H](c4ccc(Cl)cc4)c4[nH]c5ccccc5c4C[C@@H]3C2=O)cc1. The lowest BCUT2D eigenvalue weighted by Crippen LogP contribution is -2.62. The number of aromatic nitrogens is 1. The molecule has 3 heterocycles. The molecule has 0 radical (unpaired) electrons. The van der Waals surface area contributed by atoms with Gasteiger partial charge in [0, 0.05) is 34.6 Å². The van der Waals surface area contributed by atoms with E-state index in [1.807, 2.05) is 66.7 Å². The first-order valence-electron chi connectivity index (χ1n) is 11.6. The molecule has 3 aromatic carbocycles. The summed E-state index contributed by atoms with van der Waals surface area (Å²) in [5.74, 6) is 0.661. The molecule has 1 saturated heterocycles. The third-order valence-corrected chi connectivity index (χ3v) is 7.31. The van der Waals surface area contributed by atoms with E-state index in [2.05, 4.69) is 11.1 Å². The molecular formula is C28H24ClN3O3. The Morgan fingerprint density at radius 3 is 2.49 bits per heavy atom. The Hall–Kier alpha value is -3.77. The van der Waals surface area contributed by atoms with E-state index < -0.39 is 6.04 Å². The highest BCUT2D eigenvalue weighted by Crippen LogP contribution is 2.42. The molecule has 0 aliphatic carbocycles. The zero-order valence-electron chi connectivity index (χ0n) is 19.2. The summed E-state index contributed by atoms with van der Waals surface area (Å²) in [6.45, 7) is 0.423. The lowest BCUT2D eigenvalue weighted by atomic mass is 9.86. The van der Waals surface area contributed by atoms with Crippen LogP contribution in [0.3, 0.4) is 0 Å². The number of benzene rings is 3. The van der Waals surface area contributed by atoms with Crippen molar-refractivity contribution in [3.05, 3.63) is 100 Å². The predicted molar refractivity (Wildman–Crippen MR) is 134 cm³/mol. The maximum Gasteiger partial charge on any atom is 0.246 e. The van der Waals surface area contributed by atoms with E-state index in [4.69, 9.17) is 16.3 Å². The number of nitrogens with zero attached hydrogens (tertiary/aromatic N) is 2. The van der Waals surface area contributed by atoms with Crippen LogP contribution < -0.4 is 4.74 Å². The van der Waals surface area contributed by atoms with Crippen molar-refractivity contribution >= 4 is 34.3 Å². The minimum Gasteiger partial charge on any atom is -0.497 e. The van der Waals surface area contributed by atoms with Crippen LogP contribution in [-0.4, -0.2) is 46.3 Å². The molecule has 0 saturated carbocycles. The molecule has 4 aromatic rings. The lowest BCUT2D eigenvalue weighted by Gasteiger charge is -2.47. The number of para-hydroxylation sites is 1.